The van der Waals surface area contributed by atoms with E-state index < -0.39 is 0 Å². The number of anilines is 1. The van der Waals surface area contributed by atoms with Gasteiger partial charge in [0.15, 0.2) is 0 Å². The zero-order valence-electron chi connectivity index (χ0n) is 16.9. The van der Waals surface area contributed by atoms with Gasteiger partial charge in [0.25, 0.3) is 0 Å². The molecule has 0 saturated heterocycles. The lowest BCUT2D eigenvalue weighted by atomic mass is 10.0. The molecule has 2 aromatic carbocycles. The topological polar surface area (TPSA) is 55.6 Å². The van der Waals surface area contributed by atoms with Crippen LogP contribution in [0.4, 0.5) is 5.82 Å². The highest BCUT2D eigenvalue weighted by Crippen LogP contribution is 2.30. The predicted molar refractivity (Wildman–Crippen MR) is 123 cm³/mol. The van der Waals surface area contributed by atoms with E-state index in [-0.39, 0.29) is 6.04 Å². The molecular formula is C23H21Cl2N5. The van der Waals surface area contributed by atoms with Crippen LogP contribution in [0.25, 0.3) is 22.4 Å². The van der Waals surface area contributed by atoms with E-state index in [9.17, 15) is 0 Å². The first-order valence-electron chi connectivity index (χ1n) is 9.55. The maximum Gasteiger partial charge on any atom is 0.130 e. The molecule has 152 valence electrons. The first kappa shape index (κ1) is 20.4. The molecule has 1 atom stereocenters. The van der Waals surface area contributed by atoms with Crippen LogP contribution < -0.4 is 5.32 Å². The number of hydrogen-bond donors (Lipinski definition) is 1. The third-order valence-electron chi connectivity index (χ3n) is 4.84. The highest BCUT2D eigenvalue weighted by atomic mass is 35.5. The van der Waals surface area contributed by atoms with Gasteiger partial charge in [0.05, 0.1) is 21.9 Å². The van der Waals surface area contributed by atoms with Crippen molar-refractivity contribution < 1.29 is 0 Å². The Morgan fingerprint density at radius 2 is 1.77 bits per heavy atom. The lowest BCUT2D eigenvalue weighted by Gasteiger charge is -2.17. The van der Waals surface area contributed by atoms with Gasteiger partial charge in [-0.3, -0.25) is 4.68 Å². The fourth-order valence-electron chi connectivity index (χ4n) is 3.31. The van der Waals surface area contributed by atoms with Gasteiger partial charge in [0.2, 0.25) is 0 Å². The largest absolute Gasteiger partial charge is 0.363 e. The standard InChI is InChI=1S/C23H21Cl2N5/c1-14(16-5-4-6-17(9-16)19-12-26-30(3)13-19)27-23-11-22(28-15(2)29-23)18-7-8-20(24)21(25)10-18/h4-14H,1-3H3,(H,27,28,29). The number of nitrogens with one attached hydrogen (secondary N) is 1. The molecule has 0 aliphatic carbocycles. The van der Waals surface area contributed by atoms with Crippen molar-refractivity contribution in [1.82, 2.24) is 19.7 Å². The maximum atomic E-state index is 6.18. The highest BCUT2D eigenvalue weighted by molar-refractivity contribution is 6.42. The molecule has 1 unspecified atom stereocenters. The average Bonchev–Trinajstić information content (AvgIpc) is 3.16. The van der Waals surface area contributed by atoms with Crippen molar-refractivity contribution in [3.05, 3.63) is 82.4 Å². The molecule has 2 aromatic heterocycles. The minimum Gasteiger partial charge on any atom is -0.363 e. The molecule has 0 aliphatic rings. The first-order chi connectivity index (χ1) is 14.4. The smallest absolute Gasteiger partial charge is 0.130 e. The van der Waals surface area contributed by atoms with Crippen LogP contribution in [0, 0.1) is 6.92 Å². The summed E-state index contributed by atoms with van der Waals surface area (Å²) in [7, 11) is 1.92. The van der Waals surface area contributed by atoms with Gasteiger partial charge >= 0.3 is 0 Å². The summed E-state index contributed by atoms with van der Waals surface area (Å²) in [6, 6.07) is 15.9. The molecular weight excluding hydrogens is 417 g/mol. The molecule has 30 heavy (non-hydrogen) atoms. The zero-order valence-corrected chi connectivity index (χ0v) is 18.4. The molecule has 0 saturated carbocycles. The van der Waals surface area contributed by atoms with Gasteiger partial charge in [0.1, 0.15) is 11.6 Å². The molecule has 0 fully saturated rings. The molecule has 0 radical (unpaired) electrons. The summed E-state index contributed by atoms with van der Waals surface area (Å²) in [5.41, 5.74) is 5.06. The van der Waals surface area contributed by atoms with E-state index in [2.05, 4.69) is 51.6 Å². The second-order valence-electron chi connectivity index (χ2n) is 7.21. The van der Waals surface area contributed by atoms with Gasteiger partial charge in [-0.05, 0) is 43.2 Å². The van der Waals surface area contributed by atoms with Crippen LogP contribution in [-0.4, -0.2) is 19.7 Å². The molecule has 2 heterocycles. The number of halogens is 2. The van der Waals surface area contributed by atoms with E-state index in [1.54, 1.807) is 10.7 Å². The lowest BCUT2D eigenvalue weighted by molar-refractivity contribution is 0.768. The molecule has 4 aromatic rings. The number of aryl methyl sites for hydroxylation is 2. The van der Waals surface area contributed by atoms with E-state index in [1.165, 1.54) is 0 Å². The first-order valence-corrected chi connectivity index (χ1v) is 10.3. The fraction of sp³-hybridized carbons (Fsp3) is 0.174. The second-order valence-corrected chi connectivity index (χ2v) is 8.02. The molecule has 5 nitrogen and oxygen atoms in total. The SMILES string of the molecule is Cc1nc(NC(C)c2cccc(-c3cnn(C)c3)c2)cc(-c2ccc(Cl)c(Cl)c2)n1. The molecule has 0 amide bonds. The van der Waals surface area contributed by atoms with E-state index in [0.29, 0.717) is 15.9 Å². The third kappa shape index (κ3) is 4.48. The third-order valence-corrected chi connectivity index (χ3v) is 5.58. The van der Waals surface area contributed by atoms with E-state index in [4.69, 9.17) is 23.2 Å². The Morgan fingerprint density at radius 3 is 2.50 bits per heavy atom. The van der Waals surface area contributed by atoms with E-state index in [1.807, 2.05) is 44.6 Å². The van der Waals surface area contributed by atoms with Crippen molar-refractivity contribution in [3.63, 3.8) is 0 Å². The number of nitrogens with zero attached hydrogens (tertiary/aromatic N) is 4. The van der Waals surface area contributed by atoms with Crippen LogP contribution in [0.3, 0.4) is 0 Å². The van der Waals surface area contributed by atoms with Crippen LogP contribution in [-0.2, 0) is 7.05 Å². The van der Waals surface area contributed by atoms with E-state index in [0.717, 1.165) is 33.8 Å². The van der Waals surface area contributed by atoms with Crippen molar-refractivity contribution in [2.45, 2.75) is 19.9 Å². The summed E-state index contributed by atoms with van der Waals surface area (Å²) in [6.07, 6.45) is 3.88. The average molecular weight is 438 g/mol. The fourth-order valence-corrected chi connectivity index (χ4v) is 3.61. The summed E-state index contributed by atoms with van der Waals surface area (Å²) in [6.45, 7) is 3.98. The Morgan fingerprint density at radius 1 is 0.933 bits per heavy atom. The van der Waals surface area contributed by atoms with Crippen LogP contribution >= 0.6 is 23.2 Å². The summed E-state index contributed by atoms with van der Waals surface area (Å²) >= 11 is 12.2. The van der Waals surface area contributed by atoms with Gasteiger partial charge in [-0.15, -0.1) is 0 Å². The maximum absolute atomic E-state index is 6.18. The van der Waals surface area contributed by atoms with Crippen LogP contribution in [0.2, 0.25) is 10.0 Å². The monoisotopic (exact) mass is 437 g/mol. The quantitative estimate of drug-likeness (QED) is 0.396. The molecule has 0 aliphatic heterocycles. The van der Waals surface area contributed by atoms with Gasteiger partial charge in [-0.25, -0.2) is 9.97 Å². The Kier molecular flexibility index (Phi) is 5.75. The summed E-state index contributed by atoms with van der Waals surface area (Å²) in [5.74, 6) is 1.43. The number of hydrogen-bond acceptors (Lipinski definition) is 4. The zero-order chi connectivity index (χ0) is 21.3. The molecule has 1 N–H and O–H groups in total. The summed E-state index contributed by atoms with van der Waals surface area (Å²) in [5, 5.41) is 8.77. The minimum absolute atomic E-state index is 0.0533. The molecule has 4 rings (SSSR count). The second kappa shape index (κ2) is 8.46. The van der Waals surface area contributed by atoms with Crippen molar-refractivity contribution in [1.29, 1.82) is 0 Å². The molecule has 0 bridgehead atoms. The summed E-state index contributed by atoms with van der Waals surface area (Å²) < 4.78 is 1.80. The molecule has 7 heteroatoms. The van der Waals surface area contributed by atoms with Gasteiger partial charge < -0.3 is 5.32 Å². The molecule has 0 spiro atoms. The van der Waals surface area contributed by atoms with Gasteiger partial charge in [-0.2, -0.15) is 5.10 Å². The van der Waals surface area contributed by atoms with E-state index >= 15 is 0 Å². The predicted octanol–water partition coefficient (Wildman–Crippen LogP) is 6.33. The Bertz CT molecular complexity index is 1200. The number of benzene rings is 2. The normalized spacial score (nSPS) is 12.0. The van der Waals surface area contributed by atoms with Gasteiger partial charge in [0, 0.05) is 36.5 Å². The van der Waals surface area contributed by atoms with Gasteiger partial charge in [-0.1, -0.05) is 47.5 Å². The van der Waals surface area contributed by atoms with Crippen molar-refractivity contribution in [2.24, 2.45) is 7.05 Å². The Hall–Kier alpha value is -2.89. The highest BCUT2D eigenvalue weighted by Gasteiger charge is 2.11. The Labute approximate surface area is 185 Å². The summed E-state index contributed by atoms with van der Waals surface area (Å²) in [4.78, 5) is 9.10. The number of aromatic nitrogens is 4. The minimum atomic E-state index is 0.0533. The lowest BCUT2D eigenvalue weighted by Crippen LogP contribution is -2.09. The van der Waals surface area contributed by atoms with Crippen LogP contribution in [0.15, 0.2) is 60.9 Å². The van der Waals surface area contributed by atoms with Crippen molar-refractivity contribution in [3.8, 4) is 22.4 Å². The van der Waals surface area contributed by atoms with Crippen LogP contribution in [0.1, 0.15) is 24.4 Å². The van der Waals surface area contributed by atoms with Crippen molar-refractivity contribution >= 4 is 29.0 Å². The van der Waals surface area contributed by atoms with Crippen molar-refractivity contribution in [2.75, 3.05) is 5.32 Å². The Balaban J connectivity index is 1.60. The van der Waals surface area contributed by atoms with Crippen LogP contribution in [0.5, 0.6) is 0 Å². The number of rotatable bonds is 5.